The Morgan fingerprint density at radius 1 is 1.08 bits per heavy atom. The number of nitrogens with one attached hydrogen (secondary N) is 1. The second-order valence-electron chi connectivity index (χ2n) is 6.53. The summed E-state index contributed by atoms with van der Waals surface area (Å²) in [4.78, 5) is 0. The van der Waals surface area contributed by atoms with Gasteiger partial charge < -0.3 is 14.8 Å². The third kappa shape index (κ3) is 4.19. The third-order valence-corrected chi connectivity index (χ3v) is 5.03. The van der Waals surface area contributed by atoms with Crippen LogP contribution in [-0.4, -0.2) is 26.9 Å². The highest BCUT2D eigenvalue weighted by Crippen LogP contribution is 2.35. The van der Waals surface area contributed by atoms with Gasteiger partial charge in [-0.3, -0.25) is 0 Å². The Morgan fingerprint density at radius 2 is 1.76 bits per heavy atom. The van der Waals surface area contributed by atoms with Crippen molar-refractivity contribution in [3.63, 3.8) is 0 Å². The molecule has 0 bridgehead atoms. The van der Waals surface area contributed by atoms with E-state index in [4.69, 9.17) is 14.7 Å². The first-order chi connectivity index (χ1) is 12.3. The molecule has 0 aromatic heterocycles. The van der Waals surface area contributed by atoms with Gasteiger partial charge in [0.2, 0.25) is 0 Å². The molecule has 2 aromatic carbocycles. The highest BCUT2D eigenvalue weighted by Gasteiger charge is 2.34. The van der Waals surface area contributed by atoms with Crippen LogP contribution in [0.4, 0.5) is 0 Å². The van der Waals surface area contributed by atoms with E-state index >= 15 is 0 Å². The zero-order valence-electron chi connectivity index (χ0n) is 14.6. The van der Waals surface area contributed by atoms with Crippen LogP contribution in [0.15, 0.2) is 48.5 Å². The van der Waals surface area contributed by atoms with Crippen molar-refractivity contribution < 1.29 is 9.47 Å². The highest BCUT2D eigenvalue weighted by atomic mass is 16.5. The van der Waals surface area contributed by atoms with Crippen LogP contribution in [0.25, 0.3) is 0 Å². The van der Waals surface area contributed by atoms with Gasteiger partial charge in [-0.1, -0.05) is 24.3 Å². The van der Waals surface area contributed by atoms with E-state index in [2.05, 4.69) is 23.5 Å². The van der Waals surface area contributed by atoms with Crippen LogP contribution >= 0.6 is 0 Å². The average Bonchev–Trinajstić information content (AvgIpc) is 2.69. The molecule has 1 heterocycles. The van der Waals surface area contributed by atoms with Gasteiger partial charge in [0.1, 0.15) is 5.75 Å². The fourth-order valence-electron chi connectivity index (χ4n) is 3.42. The Balaban J connectivity index is 1.68. The van der Waals surface area contributed by atoms with Crippen LogP contribution in [0.5, 0.6) is 5.75 Å². The summed E-state index contributed by atoms with van der Waals surface area (Å²) in [7, 11) is 1.69. The van der Waals surface area contributed by atoms with Gasteiger partial charge in [0, 0.05) is 31.7 Å². The second kappa shape index (κ2) is 8.15. The van der Waals surface area contributed by atoms with Crippen molar-refractivity contribution in [2.24, 2.45) is 0 Å². The lowest BCUT2D eigenvalue weighted by molar-refractivity contribution is 0.0497. The molecule has 1 N–H and O–H groups in total. The number of hydrogen-bond donors (Lipinski definition) is 1. The SMILES string of the molecule is COc1ccc(C2(CNCc3ccc(C#N)cc3)CCOCC2)cc1. The average molecular weight is 336 g/mol. The summed E-state index contributed by atoms with van der Waals surface area (Å²) in [5, 5.41) is 12.5. The van der Waals surface area contributed by atoms with Crippen LogP contribution in [0.1, 0.15) is 29.5 Å². The van der Waals surface area contributed by atoms with Gasteiger partial charge >= 0.3 is 0 Å². The molecule has 0 unspecified atom stereocenters. The lowest BCUT2D eigenvalue weighted by atomic mass is 9.74. The zero-order chi connectivity index (χ0) is 17.5. The van der Waals surface area contributed by atoms with Gasteiger partial charge in [0.25, 0.3) is 0 Å². The van der Waals surface area contributed by atoms with E-state index in [1.807, 2.05) is 36.4 Å². The van der Waals surface area contributed by atoms with Crippen molar-refractivity contribution in [3.8, 4) is 11.8 Å². The molecule has 4 nitrogen and oxygen atoms in total. The number of hydrogen-bond acceptors (Lipinski definition) is 4. The second-order valence-corrected chi connectivity index (χ2v) is 6.53. The summed E-state index contributed by atoms with van der Waals surface area (Å²) >= 11 is 0. The van der Waals surface area contributed by atoms with Crippen LogP contribution in [0, 0.1) is 11.3 Å². The maximum atomic E-state index is 8.89. The first kappa shape index (κ1) is 17.5. The summed E-state index contributed by atoms with van der Waals surface area (Å²) in [6.45, 7) is 3.29. The third-order valence-electron chi connectivity index (χ3n) is 5.03. The minimum Gasteiger partial charge on any atom is -0.497 e. The number of ether oxygens (including phenoxy) is 2. The lowest BCUT2D eigenvalue weighted by Crippen LogP contribution is -2.42. The molecule has 3 rings (SSSR count). The smallest absolute Gasteiger partial charge is 0.118 e. The van der Waals surface area contributed by atoms with Crippen molar-refractivity contribution in [1.82, 2.24) is 5.32 Å². The number of rotatable bonds is 6. The summed E-state index contributed by atoms with van der Waals surface area (Å²) in [6, 6.07) is 18.3. The van der Waals surface area contributed by atoms with E-state index in [9.17, 15) is 0 Å². The Hall–Kier alpha value is -2.35. The normalized spacial score (nSPS) is 16.2. The Bertz CT molecular complexity index is 711. The van der Waals surface area contributed by atoms with E-state index in [1.165, 1.54) is 11.1 Å². The summed E-state index contributed by atoms with van der Waals surface area (Å²) in [5.41, 5.74) is 3.32. The fraction of sp³-hybridized carbons (Fsp3) is 0.381. The van der Waals surface area contributed by atoms with Crippen molar-refractivity contribution in [2.45, 2.75) is 24.8 Å². The van der Waals surface area contributed by atoms with Gasteiger partial charge in [-0.05, 0) is 48.2 Å². The topological polar surface area (TPSA) is 54.3 Å². The molecule has 130 valence electrons. The molecule has 4 heteroatoms. The standard InChI is InChI=1S/C21H24N2O2/c1-24-20-8-6-19(7-9-20)21(10-12-25-13-11-21)16-23-15-18-4-2-17(14-22)3-5-18/h2-9,23H,10-13,15-16H2,1H3. The summed E-state index contributed by atoms with van der Waals surface area (Å²) < 4.78 is 10.9. The van der Waals surface area contributed by atoms with Crippen molar-refractivity contribution in [1.29, 1.82) is 5.26 Å². The molecule has 0 amide bonds. The first-order valence-corrected chi connectivity index (χ1v) is 8.68. The molecular formula is C21H24N2O2. The van der Waals surface area contributed by atoms with Crippen molar-refractivity contribution in [3.05, 3.63) is 65.2 Å². The number of benzene rings is 2. The molecule has 0 spiro atoms. The molecule has 1 saturated heterocycles. The maximum absolute atomic E-state index is 8.89. The number of nitriles is 1. The molecular weight excluding hydrogens is 312 g/mol. The van der Waals surface area contributed by atoms with Crippen molar-refractivity contribution in [2.75, 3.05) is 26.9 Å². The molecule has 1 fully saturated rings. The predicted octanol–water partition coefficient (Wildman–Crippen LogP) is 3.40. The molecule has 25 heavy (non-hydrogen) atoms. The molecule has 0 aliphatic carbocycles. The minimum absolute atomic E-state index is 0.0944. The highest BCUT2D eigenvalue weighted by molar-refractivity contribution is 5.34. The summed E-state index contributed by atoms with van der Waals surface area (Å²) in [6.07, 6.45) is 2.03. The zero-order valence-corrected chi connectivity index (χ0v) is 14.6. The van der Waals surface area contributed by atoms with Crippen LogP contribution in [0.2, 0.25) is 0 Å². The fourth-order valence-corrected chi connectivity index (χ4v) is 3.42. The molecule has 1 aliphatic rings. The van der Waals surface area contributed by atoms with Gasteiger partial charge in [-0.25, -0.2) is 0 Å². The maximum Gasteiger partial charge on any atom is 0.118 e. The monoisotopic (exact) mass is 336 g/mol. The molecule has 0 saturated carbocycles. The number of nitrogens with zero attached hydrogens (tertiary/aromatic N) is 1. The molecule has 0 radical (unpaired) electrons. The Kier molecular flexibility index (Phi) is 5.70. The van der Waals surface area contributed by atoms with Gasteiger partial charge in [0.05, 0.1) is 18.7 Å². The number of methoxy groups -OCH3 is 1. The molecule has 1 aliphatic heterocycles. The lowest BCUT2D eigenvalue weighted by Gasteiger charge is -2.38. The minimum atomic E-state index is 0.0944. The van der Waals surface area contributed by atoms with E-state index in [1.54, 1.807) is 7.11 Å². The van der Waals surface area contributed by atoms with Crippen LogP contribution in [0.3, 0.4) is 0 Å². The van der Waals surface area contributed by atoms with E-state index < -0.39 is 0 Å². The van der Waals surface area contributed by atoms with Gasteiger partial charge in [0.15, 0.2) is 0 Å². The van der Waals surface area contributed by atoms with Crippen LogP contribution in [-0.2, 0) is 16.7 Å². The predicted molar refractivity (Wildman–Crippen MR) is 97.6 cm³/mol. The molecule has 0 atom stereocenters. The molecule has 2 aromatic rings. The van der Waals surface area contributed by atoms with Crippen molar-refractivity contribution >= 4 is 0 Å². The first-order valence-electron chi connectivity index (χ1n) is 8.68. The van der Waals surface area contributed by atoms with E-state index in [-0.39, 0.29) is 5.41 Å². The Labute approximate surface area is 149 Å². The van der Waals surface area contributed by atoms with E-state index in [0.29, 0.717) is 5.56 Å². The van der Waals surface area contributed by atoms with E-state index in [0.717, 1.165) is 44.9 Å². The Morgan fingerprint density at radius 3 is 2.36 bits per heavy atom. The summed E-state index contributed by atoms with van der Waals surface area (Å²) in [5.74, 6) is 0.886. The van der Waals surface area contributed by atoms with Gasteiger partial charge in [-0.15, -0.1) is 0 Å². The quantitative estimate of drug-likeness (QED) is 0.878. The van der Waals surface area contributed by atoms with Gasteiger partial charge in [-0.2, -0.15) is 5.26 Å². The van der Waals surface area contributed by atoms with Crippen LogP contribution < -0.4 is 10.1 Å². The largest absolute Gasteiger partial charge is 0.497 e.